The van der Waals surface area contributed by atoms with Crippen molar-refractivity contribution in [2.24, 2.45) is 0 Å². The Bertz CT molecular complexity index is 867. The smallest absolute Gasteiger partial charge is 0.123 e. The van der Waals surface area contributed by atoms with Gasteiger partial charge in [-0.25, -0.2) is 4.98 Å². The van der Waals surface area contributed by atoms with Crippen LogP contribution in [0.3, 0.4) is 0 Å². The van der Waals surface area contributed by atoms with Crippen molar-refractivity contribution in [3.8, 4) is 17.0 Å². The molecule has 3 aromatic rings. The van der Waals surface area contributed by atoms with Crippen LogP contribution in [0.15, 0.2) is 42.5 Å². The predicted octanol–water partition coefficient (Wildman–Crippen LogP) is 4.85. The largest absolute Gasteiger partial charge is 0.496 e. The van der Waals surface area contributed by atoms with Crippen molar-refractivity contribution in [3.05, 3.63) is 53.6 Å². The summed E-state index contributed by atoms with van der Waals surface area (Å²) in [6.07, 6.45) is 0.980. The van der Waals surface area contributed by atoms with Crippen molar-refractivity contribution >= 4 is 16.6 Å². The summed E-state index contributed by atoms with van der Waals surface area (Å²) in [7, 11) is 5.80. The minimum Gasteiger partial charge on any atom is -0.496 e. The summed E-state index contributed by atoms with van der Waals surface area (Å²) in [6, 6.07) is 15.0. The fourth-order valence-electron chi connectivity index (χ4n) is 3.02. The second kappa shape index (κ2) is 6.52. The van der Waals surface area contributed by atoms with Gasteiger partial charge in [0.05, 0.1) is 18.3 Å². The lowest BCUT2D eigenvalue weighted by Crippen LogP contribution is -2.07. The number of nitrogens with zero attached hydrogens (tertiary/aromatic N) is 2. The number of pyridine rings is 1. The fourth-order valence-corrected chi connectivity index (χ4v) is 3.02. The van der Waals surface area contributed by atoms with Crippen molar-refractivity contribution in [1.82, 2.24) is 4.98 Å². The van der Waals surface area contributed by atoms with E-state index in [0.717, 1.165) is 34.5 Å². The number of hydrogen-bond donors (Lipinski definition) is 0. The van der Waals surface area contributed by atoms with Crippen LogP contribution in [0.4, 0.5) is 5.69 Å². The Balaban J connectivity index is 2.16. The molecule has 0 saturated heterocycles. The Morgan fingerprint density at radius 2 is 1.75 bits per heavy atom. The molecule has 0 aliphatic rings. The highest BCUT2D eigenvalue weighted by Crippen LogP contribution is 2.30. The number of benzene rings is 2. The Hall–Kier alpha value is -2.55. The number of rotatable bonds is 4. The molecule has 0 N–H and O–H groups in total. The SMILES string of the molecule is CCc1cc(-c2ccc(N(C)C)cc2)nc2cc(OC)c(C)cc12. The molecule has 3 rings (SSSR count). The highest BCUT2D eigenvalue weighted by molar-refractivity contribution is 5.87. The predicted molar refractivity (Wildman–Crippen MR) is 102 cm³/mol. The van der Waals surface area contributed by atoms with Crippen LogP contribution in [-0.2, 0) is 6.42 Å². The molecule has 24 heavy (non-hydrogen) atoms. The monoisotopic (exact) mass is 320 g/mol. The maximum atomic E-state index is 5.47. The van der Waals surface area contributed by atoms with Gasteiger partial charge >= 0.3 is 0 Å². The number of aryl methyl sites for hydroxylation is 2. The minimum absolute atomic E-state index is 0.886. The van der Waals surface area contributed by atoms with E-state index < -0.39 is 0 Å². The first-order chi connectivity index (χ1) is 11.5. The number of aromatic nitrogens is 1. The highest BCUT2D eigenvalue weighted by Gasteiger charge is 2.10. The summed E-state index contributed by atoms with van der Waals surface area (Å²) < 4.78 is 5.47. The molecule has 0 amide bonds. The van der Waals surface area contributed by atoms with E-state index in [1.54, 1.807) is 7.11 Å². The van der Waals surface area contributed by atoms with E-state index in [0.29, 0.717) is 0 Å². The molecule has 0 spiro atoms. The topological polar surface area (TPSA) is 25.4 Å². The molecular formula is C21H24N2O. The van der Waals surface area contributed by atoms with Gasteiger partial charge in [0.2, 0.25) is 0 Å². The molecule has 0 aliphatic carbocycles. The van der Waals surface area contributed by atoms with Crippen LogP contribution >= 0.6 is 0 Å². The van der Waals surface area contributed by atoms with Gasteiger partial charge in [-0.1, -0.05) is 19.1 Å². The van der Waals surface area contributed by atoms with Crippen molar-refractivity contribution in [3.63, 3.8) is 0 Å². The standard InChI is InChI=1S/C21H24N2O/c1-6-15-12-19(16-7-9-17(10-8-16)23(3)4)22-20-13-21(24-5)14(2)11-18(15)20/h7-13H,6H2,1-5H3. The number of methoxy groups -OCH3 is 1. The van der Waals surface area contributed by atoms with E-state index in [9.17, 15) is 0 Å². The first-order valence-electron chi connectivity index (χ1n) is 8.29. The molecule has 124 valence electrons. The number of ether oxygens (including phenoxy) is 1. The van der Waals surface area contributed by atoms with Gasteiger partial charge < -0.3 is 9.64 Å². The molecule has 3 nitrogen and oxygen atoms in total. The normalized spacial score (nSPS) is 10.9. The van der Waals surface area contributed by atoms with Crippen LogP contribution in [0.5, 0.6) is 5.75 Å². The molecule has 2 aromatic carbocycles. The summed E-state index contributed by atoms with van der Waals surface area (Å²) >= 11 is 0. The van der Waals surface area contributed by atoms with Crippen LogP contribution in [0.25, 0.3) is 22.2 Å². The van der Waals surface area contributed by atoms with E-state index in [1.165, 1.54) is 16.6 Å². The van der Waals surface area contributed by atoms with Gasteiger partial charge in [-0.05, 0) is 48.7 Å². The zero-order chi connectivity index (χ0) is 17.3. The zero-order valence-corrected chi connectivity index (χ0v) is 15.1. The lowest BCUT2D eigenvalue weighted by atomic mass is 10.0. The third kappa shape index (κ3) is 2.94. The van der Waals surface area contributed by atoms with Gasteiger partial charge in [-0.3, -0.25) is 0 Å². The molecule has 0 bridgehead atoms. The summed E-state index contributed by atoms with van der Waals surface area (Å²) in [6.45, 7) is 4.26. The lowest BCUT2D eigenvalue weighted by Gasteiger charge is -2.14. The number of hydrogen-bond acceptors (Lipinski definition) is 3. The maximum absolute atomic E-state index is 5.47. The van der Waals surface area contributed by atoms with Crippen molar-refractivity contribution in [2.75, 3.05) is 26.1 Å². The van der Waals surface area contributed by atoms with Crippen molar-refractivity contribution in [2.45, 2.75) is 20.3 Å². The second-order valence-electron chi connectivity index (χ2n) is 6.30. The minimum atomic E-state index is 0.886. The zero-order valence-electron chi connectivity index (χ0n) is 15.1. The van der Waals surface area contributed by atoms with Crippen LogP contribution in [0.2, 0.25) is 0 Å². The summed E-state index contributed by atoms with van der Waals surface area (Å²) in [5.41, 5.74) is 6.78. The lowest BCUT2D eigenvalue weighted by molar-refractivity contribution is 0.412. The molecule has 0 fully saturated rings. The molecule has 0 unspecified atom stereocenters. The Morgan fingerprint density at radius 3 is 2.33 bits per heavy atom. The molecular weight excluding hydrogens is 296 g/mol. The third-order valence-electron chi connectivity index (χ3n) is 4.47. The number of fused-ring (bicyclic) bond motifs is 1. The quantitative estimate of drug-likeness (QED) is 0.687. The third-order valence-corrected chi connectivity index (χ3v) is 4.47. The highest BCUT2D eigenvalue weighted by atomic mass is 16.5. The van der Waals surface area contributed by atoms with E-state index in [1.807, 2.05) is 20.2 Å². The van der Waals surface area contributed by atoms with E-state index in [-0.39, 0.29) is 0 Å². The van der Waals surface area contributed by atoms with E-state index >= 15 is 0 Å². The van der Waals surface area contributed by atoms with Crippen LogP contribution in [0, 0.1) is 6.92 Å². The van der Waals surface area contributed by atoms with Gasteiger partial charge in [0.1, 0.15) is 5.75 Å². The van der Waals surface area contributed by atoms with Gasteiger partial charge in [0.15, 0.2) is 0 Å². The average molecular weight is 320 g/mol. The molecule has 0 saturated carbocycles. The Kier molecular flexibility index (Phi) is 4.43. The fraction of sp³-hybridized carbons (Fsp3) is 0.286. The van der Waals surface area contributed by atoms with Crippen molar-refractivity contribution < 1.29 is 4.74 Å². The summed E-state index contributed by atoms with van der Waals surface area (Å²) in [4.78, 5) is 6.98. The van der Waals surface area contributed by atoms with E-state index in [4.69, 9.17) is 9.72 Å². The molecule has 0 atom stereocenters. The Morgan fingerprint density at radius 1 is 1.04 bits per heavy atom. The van der Waals surface area contributed by atoms with Gasteiger partial charge in [-0.15, -0.1) is 0 Å². The van der Waals surface area contributed by atoms with Crippen LogP contribution < -0.4 is 9.64 Å². The van der Waals surface area contributed by atoms with Gasteiger partial charge in [0.25, 0.3) is 0 Å². The van der Waals surface area contributed by atoms with Crippen LogP contribution in [0.1, 0.15) is 18.1 Å². The maximum Gasteiger partial charge on any atom is 0.123 e. The molecule has 0 radical (unpaired) electrons. The molecule has 0 aliphatic heterocycles. The molecule has 3 heteroatoms. The van der Waals surface area contributed by atoms with Crippen LogP contribution in [-0.4, -0.2) is 26.2 Å². The molecule has 1 heterocycles. The molecule has 1 aromatic heterocycles. The summed E-state index contributed by atoms with van der Waals surface area (Å²) in [5.74, 6) is 0.886. The first-order valence-corrected chi connectivity index (χ1v) is 8.29. The Labute approximate surface area is 143 Å². The van der Waals surface area contributed by atoms with E-state index in [2.05, 4.69) is 55.1 Å². The average Bonchev–Trinajstić information content (AvgIpc) is 2.60. The van der Waals surface area contributed by atoms with Gasteiger partial charge in [-0.2, -0.15) is 0 Å². The first kappa shape index (κ1) is 16.3. The summed E-state index contributed by atoms with van der Waals surface area (Å²) in [5, 5.41) is 1.21. The van der Waals surface area contributed by atoms with Gasteiger partial charge in [0, 0.05) is 36.8 Å². The van der Waals surface area contributed by atoms with Crippen molar-refractivity contribution in [1.29, 1.82) is 0 Å². The number of anilines is 1. The second-order valence-corrected chi connectivity index (χ2v) is 6.30.